The number of rotatable bonds is 5. The SMILES string of the molecule is CCNc1cc(COC2CCC(C)C(C)C2)ccn1. The van der Waals surface area contributed by atoms with Crippen LogP contribution in [0.4, 0.5) is 5.82 Å². The Kier molecular flexibility index (Phi) is 5.20. The lowest BCUT2D eigenvalue weighted by Gasteiger charge is -2.32. The molecule has 106 valence electrons. The van der Waals surface area contributed by atoms with E-state index in [1.165, 1.54) is 24.8 Å². The maximum absolute atomic E-state index is 6.07. The first-order chi connectivity index (χ1) is 9.19. The fourth-order valence-corrected chi connectivity index (χ4v) is 2.71. The number of ether oxygens (including phenoxy) is 1. The lowest BCUT2D eigenvalue weighted by atomic mass is 9.80. The van der Waals surface area contributed by atoms with Crippen LogP contribution in [0.2, 0.25) is 0 Å². The van der Waals surface area contributed by atoms with Crippen molar-refractivity contribution in [3.8, 4) is 0 Å². The fourth-order valence-electron chi connectivity index (χ4n) is 2.71. The zero-order chi connectivity index (χ0) is 13.7. The van der Waals surface area contributed by atoms with Crippen LogP contribution in [0.15, 0.2) is 18.3 Å². The largest absolute Gasteiger partial charge is 0.374 e. The summed E-state index contributed by atoms with van der Waals surface area (Å²) in [4.78, 5) is 4.28. The van der Waals surface area contributed by atoms with Gasteiger partial charge in [0.25, 0.3) is 0 Å². The number of nitrogens with one attached hydrogen (secondary N) is 1. The quantitative estimate of drug-likeness (QED) is 0.875. The minimum absolute atomic E-state index is 0.432. The van der Waals surface area contributed by atoms with E-state index in [1.807, 2.05) is 12.3 Å². The second-order valence-corrected chi connectivity index (χ2v) is 5.78. The van der Waals surface area contributed by atoms with Gasteiger partial charge in [-0.05, 0) is 55.7 Å². The number of pyridine rings is 1. The van der Waals surface area contributed by atoms with Gasteiger partial charge in [-0.15, -0.1) is 0 Å². The van der Waals surface area contributed by atoms with Crippen LogP contribution in [0.25, 0.3) is 0 Å². The summed E-state index contributed by atoms with van der Waals surface area (Å²) in [5.74, 6) is 2.57. The fraction of sp³-hybridized carbons (Fsp3) is 0.688. The first-order valence-electron chi connectivity index (χ1n) is 7.49. The molecule has 3 unspecified atom stereocenters. The molecule has 0 aromatic carbocycles. The van der Waals surface area contributed by atoms with Crippen molar-refractivity contribution < 1.29 is 4.74 Å². The summed E-state index contributed by atoms with van der Waals surface area (Å²) in [7, 11) is 0. The van der Waals surface area contributed by atoms with Crippen LogP contribution < -0.4 is 5.32 Å². The molecule has 0 amide bonds. The lowest BCUT2D eigenvalue weighted by Crippen LogP contribution is -2.26. The number of aromatic nitrogens is 1. The number of anilines is 1. The molecule has 3 atom stereocenters. The predicted molar refractivity (Wildman–Crippen MR) is 79.2 cm³/mol. The molecule has 1 aliphatic rings. The molecule has 1 N–H and O–H groups in total. The van der Waals surface area contributed by atoms with Crippen LogP contribution in [0.1, 0.15) is 45.6 Å². The van der Waals surface area contributed by atoms with Gasteiger partial charge in [0.05, 0.1) is 12.7 Å². The Labute approximate surface area is 116 Å². The van der Waals surface area contributed by atoms with Crippen LogP contribution in [-0.2, 0) is 11.3 Å². The van der Waals surface area contributed by atoms with Crippen molar-refractivity contribution in [2.24, 2.45) is 11.8 Å². The third-order valence-corrected chi connectivity index (χ3v) is 4.22. The molecule has 1 aliphatic carbocycles. The molecule has 19 heavy (non-hydrogen) atoms. The van der Waals surface area contributed by atoms with Crippen LogP contribution in [0.3, 0.4) is 0 Å². The average Bonchev–Trinajstić information content (AvgIpc) is 2.41. The molecule has 1 aromatic rings. The minimum Gasteiger partial charge on any atom is -0.374 e. The van der Waals surface area contributed by atoms with Gasteiger partial charge in [0.2, 0.25) is 0 Å². The maximum Gasteiger partial charge on any atom is 0.126 e. The topological polar surface area (TPSA) is 34.1 Å². The molecule has 0 spiro atoms. The highest BCUT2D eigenvalue weighted by Gasteiger charge is 2.24. The standard InChI is InChI=1S/C16H26N2O/c1-4-17-16-10-14(7-8-18-16)11-19-15-6-5-12(2)13(3)9-15/h7-8,10,12-13,15H,4-6,9,11H2,1-3H3,(H,17,18). The molecule has 0 bridgehead atoms. The summed E-state index contributed by atoms with van der Waals surface area (Å²) in [6.07, 6.45) is 5.98. The molecule has 1 saturated carbocycles. The van der Waals surface area contributed by atoms with Gasteiger partial charge < -0.3 is 10.1 Å². The summed E-state index contributed by atoms with van der Waals surface area (Å²) in [6.45, 7) is 8.37. The maximum atomic E-state index is 6.07. The van der Waals surface area contributed by atoms with Gasteiger partial charge in [-0.1, -0.05) is 13.8 Å². The van der Waals surface area contributed by atoms with E-state index in [4.69, 9.17) is 4.74 Å². The number of nitrogens with zero attached hydrogens (tertiary/aromatic N) is 1. The van der Waals surface area contributed by atoms with E-state index in [1.54, 1.807) is 0 Å². The van der Waals surface area contributed by atoms with Crippen molar-refractivity contribution in [1.29, 1.82) is 0 Å². The van der Waals surface area contributed by atoms with E-state index >= 15 is 0 Å². The highest BCUT2D eigenvalue weighted by molar-refractivity contribution is 5.36. The molecule has 0 radical (unpaired) electrons. The molecule has 2 rings (SSSR count). The molecule has 3 nitrogen and oxygen atoms in total. The van der Waals surface area contributed by atoms with E-state index in [-0.39, 0.29) is 0 Å². The van der Waals surface area contributed by atoms with Gasteiger partial charge in [0, 0.05) is 12.7 Å². The zero-order valence-corrected chi connectivity index (χ0v) is 12.4. The number of hydrogen-bond donors (Lipinski definition) is 1. The Bertz CT molecular complexity index is 394. The molecule has 0 saturated heterocycles. The molecule has 0 aliphatic heterocycles. The second-order valence-electron chi connectivity index (χ2n) is 5.78. The molecule has 1 fully saturated rings. The van der Waals surface area contributed by atoms with E-state index in [0.717, 1.165) is 24.2 Å². The van der Waals surface area contributed by atoms with Crippen LogP contribution >= 0.6 is 0 Å². The lowest BCUT2D eigenvalue weighted by molar-refractivity contribution is -0.00745. The third-order valence-electron chi connectivity index (χ3n) is 4.22. The Balaban J connectivity index is 1.83. The molecule has 1 aromatic heterocycles. The Morgan fingerprint density at radius 2 is 2.16 bits per heavy atom. The van der Waals surface area contributed by atoms with Crippen molar-refractivity contribution in [1.82, 2.24) is 4.98 Å². The van der Waals surface area contributed by atoms with E-state index < -0.39 is 0 Å². The smallest absolute Gasteiger partial charge is 0.126 e. The van der Waals surface area contributed by atoms with Gasteiger partial charge in [-0.2, -0.15) is 0 Å². The second kappa shape index (κ2) is 6.90. The van der Waals surface area contributed by atoms with Gasteiger partial charge in [-0.3, -0.25) is 0 Å². The van der Waals surface area contributed by atoms with Gasteiger partial charge >= 0.3 is 0 Å². The molecule has 1 heterocycles. The first kappa shape index (κ1) is 14.3. The van der Waals surface area contributed by atoms with E-state index in [9.17, 15) is 0 Å². The van der Waals surface area contributed by atoms with Crippen molar-refractivity contribution in [3.05, 3.63) is 23.9 Å². The summed E-state index contributed by atoms with van der Waals surface area (Å²) >= 11 is 0. The molecular weight excluding hydrogens is 236 g/mol. The molecule has 3 heteroatoms. The summed E-state index contributed by atoms with van der Waals surface area (Å²) in [5.41, 5.74) is 1.21. The summed E-state index contributed by atoms with van der Waals surface area (Å²) < 4.78 is 6.07. The minimum atomic E-state index is 0.432. The van der Waals surface area contributed by atoms with E-state index in [0.29, 0.717) is 12.7 Å². The Hall–Kier alpha value is -1.09. The average molecular weight is 262 g/mol. The predicted octanol–water partition coefficient (Wildman–Crippen LogP) is 3.85. The first-order valence-corrected chi connectivity index (χ1v) is 7.49. The van der Waals surface area contributed by atoms with Crippen molar-refractivity contribution in [2.45, 2.75) is 52.7 Å². The molecular formula is C16H26N2O. The Morgan fingerprint density at radius 1 is 1.32 bits per heavy atom. The van der Waals surface area contributed by atoms with E-state index in [2.05, 4.69) is 37.1 Å². The van der Waals surface area contributed by atoms with Crippen LogP contribution in [0.5, 0.6) is 0 Å². The van der Waals surface area contributed by atoms with Crippen LogP contribution in [-0.4, -0.2) is 17.6 Å². The summed E-state index contributed by atoms with van der Waals surface area (Å²) in [6, 6.07) is 4.12. The highest BCUT2D eigenvalue weighted by Crippen LogP contribution is 2.31. The van der Waals surface area contributed by atoms with Crippen LogP contribution in [0, 0.1) is 11.8 Å². The zero-order valence-electron chi connectivity index (χ0n) is 12.4. The third kappa shape index (κ3) is 4.20. The Morgan fingerprint density at radius 3 is 2.89 bits per heavy atom. The van der Waals surface area contributed by atoms with Gasteiger partial charge in [-0.25, -0.2) is 4.98 Å². The number of hydrogen-bond acceptors (Lipinski definition) is 3. The van der Waals surface area contributed by atoms with Gasteiger partial charge in [0.1, 0.15) is 5.82 Å². The monoisotopic (exact) mass is 262 g/mol. The van der Waals surface area contributed by atoms with Crippen molar-refractivity contribution in [3.63, 3.8) is 0 Å². The van der Waals surface area contributed by atoms with Gasteiger partial charge in [0.15, 0.2) is 0 Å². The normalized spacial score (nSPS) is 27.2. The van der Waals surface area contributed by atoms with Crippen molar-refractivity contribution in [2.75, 3.05) is 11.9 Å². The summed E-state index contributed by atoms with van der Waals surface area (Å²) in [5, 5.41) is 3.23. The van der Waals surface area contributed by atoms with Crippen molar-refractivity contribution >= 4 is 5.82 Å². The highest BCUT2D eigenvalue weighted by atomic mass is 16.5.